The second-order valence-electron chi connectivity index (χ2n) is 7.50. The van der Waals surface area contributed by atoms with Crippen molar-refractivity contribution in [3.05, 3.63) is 81.5 Å². The molecule has 8 heteroatoms. The zero-order valence-corrected chi connectivity index (χ0v) is 20.4. The minimum Gasteiger partial charge on any atom is -0.383 e. The van der Waals surface area contributed by atoms with Gasteiger partial charge >= 0.3 is 0 Å². The van der Waals surface area contributed by atoms with E-state index >= 15 is 0 Å². The Bertz CT molecular complexity index is 1280. The van der Waals surface area contributed by atoms with E-state index < -0.39 is 0 Å². The lowest BCUT2D eigenvalue weighted by Gasteiger charge is -2.23. The van der Waals surface area contributed by atoms with E-state index in [1.165, 1.54) is 23.1 Å². The van der Waals surface area contributed by atoms with Crippen LogP contribution in [-0.2, 0) is 16.1 Å². The summed E-state index contributed by atoms with van der Waals surface area (Å²) < 4.78 is 6.84. The lowest BCUT2D eigenvalue weighted by Crippen LogP contribution is -2.29. The van der Waals surface area contributed by atoms with Crippen molar-refractivity contribution >= 4 is 50.6 Å². The number of hydrogen-bond acceptors (Lipinski definition) is 6. The number of fused-ring (bicyclic) bond motifs is 1. The second-order valence-corrected chi connectivity index (χ2v) is 9.64. The Morgan fingerprint density at radius 3 is 2.24 bits per heavy atom. The van der Waals surface area contributed by atoms with Gasteiger partial charge in [0.2, 0.25) is 5.91 Å². The first-order chi connectivity index (χ1) is 16.0. The topological polar surface area (TPSA) is 64.4 Å². The van der Waals surface area contributed by atoms with Crippen LogP contribution < -0.4 is 10.5 Å². The molecule has 0 aliphatic rings. The normalized spacial score (nSPS) is 11.1. The van der Waals surface area contributed by atoms with Gasteiger partial charge in [-0.25, -0.2) is 4.98 Å². The van der Waals surface area contributed by atoms with Crippen LogP contribution in [0, 0.1) is 13.8 Å². The van der Waals surface area contributed by atoms with Crippen LogP contribution in [0.5, 0.6) is 0 Å². The van der Waals surface area contributed by atoms with Crippen molar-refractivity contribution in [3.8, 4) is 0 Å². The number of nitrogens with zero attached hydrogens (tertiary/aromatic N) is 3. The second kappa shape index (κ2) is 10.3. The summed E-state index contributed by atoms with van der Waals surface area (Å²) in [5, 5.41) is 1.18. The Labute approximate surface area is 200 Å². The number of amides is 1. The van der Waals surface area contributed by atoms with Crippen LogP contribution in [0.25, 0.3) is 10.2 Å². The molecule has 0 aliphatic carbocycles. The SMILES string of the molecule is COCCn1c(SCC(=O)N(c2ccccc2)c2ccccc2)nc2sc(C)c(C)c2c1=O. The van der Waals surface area contributed by atoms with E-state index in [-0.39, 0.29) is 17.2 Å². The molecule has 0 saturated carbocycles. The van der Waals surface area contributed by atoms with Gasteiger partial charge in [-0.15, -0.1) is 11.3 Å². The fourth-order valence-electron chi connectivity index (χ4n) is 3.58. The van der Waals surface area contributed by atoms with Gasteiger partial charge in [0.15, 0.2) is 5.16 Å². The molecule has 0 bridgehead atoms. The number of ether oxygens (including phenoxy) is 1. The van der Waals surface area contributed by atoms with Crippen LogP contribution in [0.3, 0.4) is 0 Å². The average Bonchev–Trinajstić information content (AvgIpc) is 3.12. The van der Waals surface area contributed by atoms with E-state index in [2.05, 4.69) is 0 Å². The zero-order chi connectivity index (χ0) is 23.4. The predicted molar refractivity (Wildman–Crippen MR) is 136 cm³/mol. The monoisotopic (exact) mass is 479 g/mol. The van der Waals surface area contributed by atoms with Crippen molar-refractivity contribution in [2.24, 2.45) is 0 Å². The maximum absolute atomic E-state index is 13.4. The Balaban J connectivity index is 1.67. The van der Waals surface area contributed by atoms with Gasteiger partial charge in [0.05, 0.1) is 24.3 Å². The van der Waals surface area contributed by atoms with E-state index in [4.69, 9.17) is 9.72 Å². The number of rotatable bonds is 8. The molecule has 170 valence electrons. The van der Waals surface area contributed by atoms with Gasteiger partial charge in [-0.3, -0.25) is 19.1 Å². The van der Waals surface area contributed by atoms with Crippen molar-refractivity contribution in [1.29, 1.82) is 0 Å². The summed E-state index contributed by atoms with van der Waals surface area (Å²) in [5.41, 5.74) is 2.46. The Morgan fingerprint density at radius 2 is 1.67 bits per heavy atom. The fourth-order valence-corrected chi connectivity index (χ4v) is 5.53. The summed E-state index contributed by atoms with van der Waals surface area (Å²) in [6.45, 7) is 4.71. The number of hydrogen-bond donors (Lipinski definition) is 0. The molecule has 0 N–H and O–H groups in total. The number of thiophene rings is 1. The van der Waals surface area contributed by atoms with Crippen molar-refractivity contribution in [2.75, 3.05) is 24.4 Å². The standard InChI is InChI=1S/C25H25N3O3S2/c1-17-18(2)33-23-22(17)24(30)27(14-15-31-3)25(26-23)32-16-21(29)28(19-10-6-4-7-11-19)20-12-8-5-9-13-20/h4-13H,14-16H2,1-3H3. The van der Waals surface area contributed by atoms with Crippen molar-refractivity contribution in [2.45, 2.75) is 25.5 Å². The summed E-state index contributed by atoms with van der Waals surface area (Å²) >= 11 is 2.79. The predicted octanol–water partition coefficient (Wildman–Crippen LogP) is 5.18. The number of aryl methyl sites for hydroxylation is 2. The molecule has 0 aliphatic heterocycles. The van der Waals surface area contributed by atoms with E-state index in [0.717, 1.165) is 21.8 Å². The Morgan fingerprint density at radius 1 is 1.06 bits per heavy atom. The maximum atomic E-state index is 13.4. The molecule has 0 spiro atoms. The van der Waals surface area contributed by atoms with Crippen molar-refractivity contribution in [3.63, 3.8) is 0 Å². The molecule has 4 aromatic rings. The number of aromatic nitrogens is 2. The highest BCUT2D eigenvalue weighted by Gasteiger charge is 2.21. The van der Waals surface area contributed by atoms with Crippen LogP contribution in [0.15, 0.2) is 70.6 Å². The van der Waals surface area contributed by atoms with E-state index in [1.54, 1.807) is 16.6 Å². The Hall–Kier alpha value is -2.94. The molecule has 1 amide bonds. The average molecular weight is 480 g/mol. The number of anilines is 2. The molecular weight excluding hydrogens is 454 g/mol. The van der Waals surface area contributed by atoms with Crippen LogP contribution in [0.4, 0.5) is 11.4 Å². The summed E-state index contributed by atoms with van der Waals surface area (Å²) in [4.78, 5) is 34.9. The highest BCUT2D eigenvalue weighted by Crippen LogP contribution is 2.30. The van der Waals surface area contributed by atoms with Crippen LogP contribution in [0.1, 0.15) is 10.4 Å². The van der Waals surface area contributed by atoms with E-state index in [9.17, 15) is 9.59 Å². The molecule has 0 saturated heterocycles. The number of benzene rings is 2. The van der Waals surface area contributed by atoms with Gasteiger partial charge < -0.3 is 4.74 Å². The third kappa shape index (κ3) is 4.88. The first kappa shape index (κ1) is 23.2. The maximum Gasteiger partial charge on any atom is 0.263 e. The number of thioether (sulfide) groups is 1. The number of carbonyl (C=O) groups is 1. The highest BCUT2D eigenvalue weighted by atomic mass is 32.2. The smallest absolute Gasteiger partial charge is 0.263 e. The summed E-state index contributed by atoms with van der Waals surface area (Å²) in [5.74, 6) is 0.0431. The number of carbonyl (C=O) groups excluding carboxylic acids is 1. The third-order valence-electron chi connectivity index (χ3n) is 5.38. The van der Waals surface area contributed by atoms with Gasteiger partial charge in [0.1, 0.15) is 4.83 Å². The van der Waals surface area contributed by atoms with Gasteiger partial charge in [-0.1, -0.05) is 48.2 Å². The third-order valence-corrected chi connectivity index (χ3v) is 7.44. The molecule has 0 atom stereocenters. The summed E-state index contributed by atoms with van der Waals surface area (Å²) in [7, 11) is 1.60. The molecule has 4 rings (SSSR count). The minimum atomic E-state index is -0.0939. The van der Waals surface area contributed by atoms with Gasteiger partial charge in [-0.2, -0.15) is 0 Å². The van der Waals surface area contributed by atoms with Gasteiger partial charge in [-0.05, 0) is 43.7 Å². The molecule has 0 radical (unpaired) electrons. The molecular formula is C25H25N3O3S2. The van der Waals surface area contributed by atoms with Crippen LogP contribution >= 0.6 is 23.1 Å². The van der Waals surface area contributed by atoms with Gasteiger partial charge in [0.25, 0.3) is 5.56 Å². The van der Waals surface area contributed by atoms with Gasteiger partial charge in [0, 0.05) is 23.4 Å². The lowest BCUT2D eigenvalue weighted by molar-refractivity contribution is -0.115. The first-order valence-electron chi connectivity index (χ1n) is 10.6. The number of methoxy groups -OCH3 is 1. The van der Waals surface area contributed by atoms with Crippen molar-refractivity contribution in [1.82, 2.24) is 9.55 Å². The molecule has 33 heavy (non-hydrogen) atoms. The first-order valence-corrected chi connectivity index (χ1v) is 12.4. The largest absolute Gasteiger partial charge is 0.383 e. The molecule has 0 fully saturated rings. The van der Waals surface area contributed by atoms with Crippen molar-refractivity contribution < 1.29 is 9.53 Å². The molecule has 2 heterocycles. The van der Waals surface area contributed by atoms with Crippen LogP contribution in [0.2, 0.25) is 0 Å². The lowest BCUT2D eigenvalue weighted by atomic mass is 10.2. The molecule has 2 aromatic heterocycles. The quantitative estimate of drug-likeness (QED) is 0.257. The van der Waals surface area contributed by atoms with Crippen LogP contribution in [-0.4, -0.2) is 34.9 Å². The molecule has 6 nitrogen and oxygen atoms in total. The fraction of sp³-hybridized carbons (Fsp3) is 0.240. The minimum absolute atomic E-state index is 0.0863. The van der Waals surface area contributed by atoms with E-state index in [1.807, 2.05) is 74.5 Å². The van der Waals surface area contributed by atoms with E-state index in [0.29, 0.717) is 28.5 Å². The molecule has 0 unspecified atom stereocenters. The Kier molecular flexibility index (Phi) is 7.27. The summed E-state index contributed by atoms with van der Waals surface area (Å²) in [6, 6.07) is 19.1. The highest BCUT2D eigenvalue weighted by molar-refractivity contribution is 7.99. The summed E-state index contributed by atoms with van der Waals surface area (Å²) in [6.07, 6.45) is 0. The molecule has 2 aromatic carbocycles. The number of para-hydroxylation sites is 2. The zero-order valence-electron chi connectivity index (χ0n) is 18.8.